The highest BCUT2D eigenvalue weighted by atomic mass is 16.5. The molecule has 2 aromatic heterocycles. The Morgan fingerprint density at radius 2 is 2.00 bits per heavy atom. The fourth-order valence-corrected chi connectivity index (χ4v) is 2.11. The predicted octanol–water partition coefficient (Wildman–Crippen LogP) is 1.98. The van der Waals surface area contributed by atoms with Crippen LogP contribution in [-0.4, -0.2) is 23.6 Å². The van der Waals surface area contributed by atoms with E-state index in [0.29, 0.717) is 33.5 Å². The van der Waals surface area contributed by atoms with Crippen molar-refractivity contribution in [1.29, 1.82) is 5.41 Å². The van der Waals surface area contributed by atoms with Gasteiger partial charge in [-0.2, -0.15) is 0 Å². The summed E-state index contributed by atoms with van der Waals surface area (Å²) in [5.74, 6) is 1.25. The van der Waals surface area contributed by atoms with E-state index in [1.807, 2.05) is 24.4 Å². The van der Waals surface area contributed by atoms with E-state index in [1.54, 1.807) is 30.8 Å². The highest BCUT2D eigenvalue weighted by Crippen LogP contribution is 2.28. The summed E-state index contributed by atoms with van der Waals surface area (Å²) in [6.45, 7) is 0. The van der Waals surface area contributed by atoms with Crippen molar-refractivity contribution in [2.24, 2.45) is 0 Å². The molecule has 0 radical (unpaired) electrons. The van der Waals surface area contributed by atoms with Crippen molar-refractivity contribution >= 4 is 16.6 Å². The van der Waals surface area contributed by atoms with Gasteiger partial charge < -0.3 is 9.47 Å². The molecule has 0 amide bonds. The molecule has 0 spiro atoms. The summed E-state index contributed by atoms with van der Waals surface area (Å²) < 4.78 is 12.3. The molecular weight excluding hydrogens is 242 g/mol. The molecule has 0 unspecified atom stereocenters. The summed E-state index contributed by atoms with van der Waals surface area (Å²) in [5, 5.41) is 8.98. The number of ether oxygens (including phenoxy) is 2. The van der Waals surface area contributed by atoms with E-state index < -0.39 is 0 Å². The largest absolute Gasteiger partial charge is 0.497 e. The van der Waals surface area contributed by atoms with Crippen LogP contribution in [0.1, 0.15) is 0 Å². The summed E-state index contributed by atoms with van der Waals surface area (Å²) in [6, 6.07) is 9.20. The number of hydrogen-bond donors (Lipinski definition) is 1. The van der Waals surface area contributed by atoms with Crippen LogP contribution in [0.15, 0.2) is 36.5 Å². The van der Waals surface area contributed by atoms with E-state index in [2.05, 4.69) is 4.98 Å². The Hall–Kier alpha value is -2.56. The van der Waals surface area contributed by atoms with E-state index >= 15 is 0 Å². The minimum absolute atomic E-state index is 0.359. The van der Waals surface area contributed by atoms with Crippen molar-refractivity contribution in [3.8, 4) is 11.5 Å². The van der Waals surface area contributed by atoms with Gasteiger partial charge in [-0.05, 0) is 18.2 Å². The second-order valence-electron chi connectivity index (χ2n) is 4.12. The SMILES string of the molecule is COc1cc(OC)c2nc3ccccn3c(=N)c2c1. The van der Waals surface area contributed by atoms with Crippen LogP contribution < -0.4 is 15.0 Å². The number of methoxy groups -OCH3 is 2. The van der Waals surface area contributed by atoms with Crippen molar-refractivity contribution in [3.63, 3.8) is 0 Å². The third-order valence-corrected chi connectivity index (χ3v) is 3.06. The first kappa shape index (κ1) is 11.5. The lowest BCUT2D eigenvalue weighted by Gasteiger charge is -2.10. The van der Waals surface area contributed by atoms with Crippen LogP contribution in [0.5, 0.6) is 11.5 Å². The molecule has 3 aromatic rings. The lowest BCUT2D eigenvalue weighted by Crippen LogP contribution is -2.15. The molecule has 0 aliphatic heterocycles. The molecule has 0 saturated carbocycles. The van der Waals surface area contributed by atoms with E-state index in [-0.39, 0.29) is 0 Å². The van der Waals surface area contributed by atoms with Gasteiger partial charge in [-0.25, -0.2) is 4.98 Å². The highest BCUT2D eigenvalue weighted by Gasteiger charge is 2.10. The fraction of sp³-hybridized carbons (Fsp3) is 0.143. The van der Waals surface area contributed by atoms with Crippen LogP contribution >= 0.6 is 0 Å². The maximum absolute atomic E-state index is 8.29. The molecule has 2 heterocycles. The second kappa shape index (κ2) is 4.28. The van der Waals surface area contributed by atoms with E-state index in [0.717, 1.165) is 0 Å². The summed E-state index contributed by atoms with van der Waals surface area (Å²) in [7, 11) is 3.17. The summed E-state index contributed by atoms with van der Waals surface area (Å²) in [5.41, 5.74) is 1.74. The highest BCUT2D eigenvalue weighted by molar-refractivity contribution is 5.86. The molecule has 0 saturated heterocycles. The van der Waals surface area contributed by atoms with E-state index in [1.165, 1.54) is 0 Å². The third kappa shape index (κ3) is 1.71. The molecule has 3 rings (SSSR count). The van der Waals surface area contributed by atoms with E-state index in [4.69, 9.17) is 14.9 Å². The van der Waals surface area contributed by atoms with Gasteiger partial charge in [0.25, 0.3) is 0 Å². The van der Waals surface area contributed by atoms with Crippen molar-refractivity contribution in [3.05, 3.63) is 42.0 Å². The van der Waals surface area contributed by atoms with Crippen LogP contribution in [0, 0.1) is 5.41 Å². The number of pyridine rings is 1. The number of fused-ring (bicyclic) bond motifs is 2. The van der Waals surface area contributed by atoms with Gasteiger partial charge in [0.15, 0.2) is 0 Å². The van der Waals surface area contributed by atoms with Gasteiger partial charge in [-0.3, -0.25) is 9.81 Å². The van der Waals surface area contributed by atoms with Gasteiger partial charge in [0, 0.05) is 12.3 Å². The minimum atomic E-state index is 0.359. The zero-order valence-corrected chi connectivity index (χ0v) is 10.7. The van der Waals surface area contributed by atoms with Crippen LogP contribution in [0.25, 0.3) is 16.6 Å². The molecule has 0 bridgehead atoms. The van der Waals surface area contributed by atoms with Crippen molar-refractivity contribution < 1.29 is 9.47 Å². The quantitative estimate of drug-likeness (QED) is 0.712. The number of nitrogens with zero attached hydrogens (tertiary/aromatic N) is 2. The maximum Gasteiger partial charge on any atom is 0.149 e. The Labute approximate surface area is 109 Å². The molecule has 5 nitrogen and oxygen atoms in total. The third-order valence-electron chi connectivity index (χ3n) is 3.06. The minimum Gasteiger partial charge on any atom is -0.497 e. The molecule has 0 aliphatic rings. The number of rotatable bonds is 2. The first-order valence-corrected chi connectivity index (χ1v) is 5.82. The molecule has 0 atom stereocenters. The molecule has 96 valence electrons. The average Bonchev–Trinajstić information content (AvgIpc) is 2.47. The van der Waals surface area contributed by atoms with Gasteiger partial charge in [-0.15, -0.1) is 0 Å². The molecule has 1 aromatic carbocycles. The predicted molar refractivity (Wildman–Crippen MR) is 71.7 cm³/mol. The summed E-state index contributed by atoms with van der Waals surface area (Å²) in [6.07, 6.45) is 1.82. The average molecular weight is 255 g/mol. The van der Waals surface area contributed by atoms with Gasteiger partial charge in [0.1, 0.15) is 28.2 Å². The van der Waals surface area contributed by atoms with Gasteiger partial charge in [0.2, 0.25) is 0 Å². The number of hydrogen-bond acceptors (Lipinski definition) is 4. The monoisotopic (exact) mass is 255 g/mol. The van der Waals surface area contributed by atoms with Crippen LogP contribution in [-0.2, 0) is 0 Å². The first-order chi connectivity index (χ1) is 9.24. The van der Waals surface area contributed by atoms with Crippen molar-refractivity contribution in [2.45, 2.75) is 0 Å². The zero-order valence-electron chi connectivity index (χ0n) is 10.7. The van der Waals surface area contributed by atoms with Crippen molar-refractivity contribution in [1.82, 2.24) is 9.38 Å². The maximum atomic E-state index is 8.29. The van der Waals surface area contributed by atoms with Gasteiger partial charge in [0.05, 0.1) is 19.6 Å². The number of nitrogens with one attached hydrogen (secondary N) is 1. The van der Waals surface area contributed by atoms with E-state index in [9.17, 15) is 0 Å². The zero-order chi connectivity index (χ0) is 13.4. The molecular formula is C14H13N3O2. The molecule has 19 heavy (non-hydrogen) atoms. The molecule has 0 aliphatic carbocycles. The Morgan fingerprint density at radius 1 is 1.16 bits per heavy atom. The first-order valence-electron chi connectivity index (χ1n) is 5.82. The normalized spacial score (nSPS) is 10.8. The van der Waals surface area contributed by atoms with Crippen LogP contribution in [0.4, 0.5) is 0 Å². The summed E-state index contributed by atoms with van der Waals surface area (Å²) in [4.78, 5) is 4.55. The lowest BCUT2D eigenvalue weighted by atomic mass is 10.2. The Kier molecular flexibility index (Phi) is 2.59. The molecule has 0 fully saturated rings. The number of benzene rings is 1. The second-order valence-corrected chi connectivity index (χ2v) is 4.12. The van der Waals surface area contributed by atoms with Crippen molar-refractivity contribution in [2.75, 3.05) is 14.2 Å². The Bertz CT molecular complexity index is 824. The van der Waals surface area contributed by atoms with Crippen LogP contribution in [0.2, 0.25) is 0 Å². The Balaban J connectivity index is 2.54. The van der Waals surface area contributed by atoms with Gasteiger partial charge in [-0.1, -0.05) is 6.07 Å². The summed E-state index contributed by atoms with van der Waals surface area (Å²) >= 11 is 0. The molecule has 5 heteroatoms. The standard InChI is InChI=1S/C14H13N3O2/c1-18-9-7-10-13(11(8-9)19-2)16-12-5-3-4-6-17(12)14(10)15/h3-8,15H,1-2H3. The van der Waals surface area contributed by atoms with Gasteiger partial charge >= 0.3 is 0 Å². The lowest BCUT2D eigenvalue weighted by molar-refractivity contribution is 0.397. The Morgan fingerprint density at radius 3 is 2.74 bits per heavy atom. The number of aromatic nitrogens is 2. The van der Waals surface area contributed by atoms with Crippen LogP contribution in [0.3, 0.4) is 0 Å². The molecule has 1 N–H and O–H groups in total. The smallest absolute Gasteiger partial charge is 0.149 e. The topological polar surface area (TPSA) is 59.6 Å². The fourth-order valence-electron chi connectivity index (χ4n) is 2.11.